The highest BCUT2D eigenvalue weighted by atomic mass is 32.2. The second-order valence-electron chi connectivity index (χ2n) is 6.73. The molecule has 1 N–H and O–H groups in total. The van der Waals surface area contributed by atoms with Crippen LogP contribution in [0, 0.1) is 0 Å². The van der Waals surface area contributed by atoms with Crippen molar-refractivity contribution in [3.63, 3.8) is 0 Å². The van der Waals surface area contributed by atoms with Crippen molar-refractivity contribution in [2.45, 2.75) is 62.7 Å². The van der Waals surface area contributed by atoms with Gasteiger partial charge in [-0.25, -0.2) is 0 Å². The molecule has 2 aromatic carbocycles. The fourth-order valence-electron chi connectivity index (χ4n) is 3.08. The van der Waals surface area contributed by atoms with Crippen LogP contribution in [0.1, 0.15) is 57.8 Å². The van der Waals surface area contributed by atoms with Crippen LogP contribution < -0.4 is 0 Å². The van der Waals surface area contributed by atoms with Crippen LogP contribution in [0.15, 0.2) is 47.4 Å². The molecule has 5 nitrogen and oxygen atoms in total. The third kappa shape index (κ3) is 7.31. The SMILES string of the molecule is O=C(O)CCCCCCCCCCOS(=O)(=O)c1cccc2ccccc12. The molecular formula is C21H28O5S. The topological polar surface area (TPSA) is 80.7 Å². The number of fused-ring (bicyclic) bond motifs is 1. The van der Waals surface area contributed by atoms with Crippen molar-refractivity contribution in [2.24, 2.45) is 0 Å². The Hall–Kier alpha value is -1.92. The van der Waals surface area contributed by atoms with E-state index in [1.165, 1.54) is 0 Å². The van der Waals surface area contributed by atoms with Gasteiger partial charge in [0.25, 0.3) is 10.1 Å². The largest absolute Gasteiger partial charge is 0.481 e. The smallest absolute Gasteiger partial charge is 0.303 e. The summed E-state index contributed by atoms with van der Waals surface area (Å²) >= 11 is 0. The number of hydrogen-bond acceptors (Lipinski definition) is 4. The number of hydrogen-bond donors (Lipinski definition) is 1. The third-order valence-corrected chi connectivity index (χ3v) is 5.91. The summed E-state index contributed by atoms with van der Waals surface area (Å²) in [6.07, 6.45) is 7.87. The average molecular weight is 393 g/mol. The lowest BCUT2D eigenvalue weighted by atomic mass is 10.1. The van der Waals surface area contributed by atoms with E-state index in [2.05, 4.69) is 0 Å². The molecule has 0 amide bonds. The zero-order valence-electron chi connectivity index (χ0n) is 15.6. The molecule has 0 spiro atoms. The Bertz CT molecular complexity index is 824. The normalized spacial score (nSPS) is 11.7. The number of carbonyl (C=O) groups is 1. The van der Waals surface area contributed by atoms with Crippen molar-refractivity contribution < 1.29 is 22.5 Å². The van der Waals surface area contributed by atoms with Crippen molar-refractivity contribution in [3.05, 3.63) is 42.5 Å². The first-order valence-electron chi connectivity index (χ1n) is 9.60. The van der Waals surface area contributed by atoms with Crippen LogP contribution in [0.5, 0.6) is 0 Å². The van der Waals surface area contributed by atoms with E-state index < -0.39 is 16.1 Å². The summed E-state index contributed by atoms with van der Waals surface area (Å²) in [5.41, 5.74) is 0. The van der Waals surface area contributed by atoms with Crippen molar-refractivity contribution >= 4 is 26.9 Å². The van der Waals surface area contributed by atoms with Crippen molar-refractivity contribution in [2.75, 3.05) is 6.61 Å². The van der Waals surface area contributed by atoms with E-state index in [1.807, 2.05) is 24.3 Å². The maximum Gasteiger partial charge on any atom is 0.303 e. The molecule has 0 aromatic heterocycles. The molecule has 148 valence electrons. The van der Waals surface area contributed by atoms with Gasteiger partial charge in [-0.1, -0.05) is 74.9 Å². The minimum absolute atomic E-state index is 0.199. The second-order valence-corrected chi connectivity index (χ2v) is 8.31. The van der Waals surface area contributed by atoms with Gasteiger partial charge >= 0.3 is 5.97 Å². The predicted molar refractivity (Wildman–Crippen MR) is 106 cm³/mol. The highest BCUT2D eigenvalue weighted by Crippen LogP contribution is 2.24. The van der Waals surface area contributed by atoms with E-state index in [4.69, 9.17) is 9.29 Å². The summed E-state index contributed by atoms with van der Waals surface area (Å²) in [6, 6.07) is 12.6. The summed E-state index contributed by atoms with van der Waals surface area (Å²) in [5.74, 6) is -0.728. The Kier molecular flexibility index (Phi) is 8.75. The van der Waals surface area contributed by atoms with Crippen LogP contribution >= 0.6 is 0 Å². The van der Waals surface area contributed by atoms with E-state index in [0.717, 1.165) is 50.3 Å². The first kappa shape index (κ1) is 21.4. The Labute approximate surface area is 161 Å². The average Bonchev–Trinajstić information content (AvgIpc) is 2.65. The quantitative estimate of drug-likeness (QED) is 0.377. The van der Waals surface area contributed by atoms with Gasteiger partial charge in [0.05, 0.1) is 6.61 Å². The van der Waals surface area contributed by atoms with E-state index in [-0.39, 0.29) is 17.9 Å². The Balaban J connectivity index is 1.64. The number of carboxylic acid groups (broad SMARTS) is 1. The zero-order valence-corrected chi connectivity index (χ0v) is 16.4. The van der Waals surface area contributed by atoms with Crippen molar-refractivity contribution in [1.82, 2.24) is 0 Å². The second kappa shape index (κ2) is 11.0. The molecule has 0 aliphatic carbocycles. The molecule has 0 radical (unpaired) electrons. The highest BCUT2D eigenvalue weighted by Gasteiger charge is 2.17. The maximum absolute atomic E-state index is 12.5. The monoisotopic (exact) mass is 392 g/mol. The summed E-state index contributed by atoms with van der Waals surface area (Å²) in [4.78, 5) is 10.6. The van der Waals surface area contributed by atoms with Gasteiger partial charge in [0.1, 0.15) is 4.90 Å². The molecule has 0 aliphatic rings. The number of carboxylic acids is 1. The molecule has 0 bridgehead atoms. The first-order valence-corrected chi connectivity index (χ1v) is 11.0. The van der Waals surface area contributed by atoms with E-state index in [1.54, 1.807) is 18.2 Å². The Morgan fingerprint density at radius 2 is 1.41 bits per heavy atom. The molecule has 2 aromatic rings. The molecule has 0 aliphatic heterocycles. The number of aliphatic carboxylic acids is 1. The number of rotatable bonds is 13. The minimum atomic E-state index is -3.75. The van der Waals surface area contributed by atoms with Gasteiger partial charge in [0.15, 0.2) is 0 Å². The summed E-state index contributed by atoms with van der Waals surface area (Å²) in [6.45, 7) is 0.199. The van der Waals surface area contributed by atoms with Crippen LogP contribution in [0.2, 0.25) is 0 Å². The van der Waals surface area contributed by atoms with E-state index in [9.17, 15) is 13.2 Å². The fourth-order valence-corrected chi connectivity index (χ4v) is 4.25. The maximum atomic E-state index is 12.5. The molecule has 6 heteroatoms. The van der Waals surface area contributed by atoms with Gasteiger partial charge in [-0.15, -0.1) is 0 Å². The third-order valence-electron chi connectivity index (χ3n) is 4.54. The van der Waals surface area contributed by atoms with Crippen LogP contribution in [0.4, 0.5) is 0 Å². The molecule has 0 saturated carbocycles. The summed E-state index contributed by atoms with van der Waals surface area (Å²) in [5, 5.41) is 10.1. The molecule has 0 fully saturated rings. The molecule has 0 unspecified atom stereocenters. The van der Waals surface area contributed by atoms with E-state index in [0.29, 0.717) is 11.8 Å². The molecule has 0 atom stereocenters. The lowest BCUT2D eigenvalue weighted by molar-refractivity contribution is -0.137. The Morgan fingerprint density at radius 3 is 2.11 bits per heavy atom. The zero-order chi connectivity index (χ0) is 19.5. The fraction of sp³-hybridized carbons (Fsp3) is 0.476. The lowest BCUT2D eigenvalue weighted by Crippen LogP contribution is -2.08. The van der Waals surface area contributed by atoms with Crippen LogP contribution in [-0.2, 0) is 19.1 Å². The van der Waals surface area contributed by atoms with Gasteiger partial charge < -0.3 is 5.11 Å². The van der Waals surface area contributed by atoms with E-state index >= 15 is 0 Å². The predicted octanol–water partition coefficient (Wildman–Crippen LogP) is 5.14. The van der Waals surface area contributed by atoms with Gasteiger partial charge in [0.2, 0.25) is 0 Å². The first-order chi connectivity index (χ1) is 13.0. The van der Waals surface area contributed by atoms with Gasteiger partial charge in [-0.2, -0.15) is 8.42 Å². The summed E-state index contributed by atoms with van der Waals surface area (Å²) in [7, 11) is -3.75. The number of benzene rings is 2. The lowest BCUT2D eigenvalue weighted by Gasteiger charge is -2.08. The van der Waals surface area contributed by atoms with Crippen LogP contribution in [0.25, 0.3) is 10.8 Å². The highest BCUT2D eigenvalue weighted by molar-refractivity contribution is 7.87. The van der Waals surface area contributed by atoms with Crippen molar-refractivity contribution in [1.29, 1.82) is 0 Å². The standard InChI is InChI=1S/C21H28O5S/c22-21(23)16-7-5-3-1-2-4-6-10-17-26-27(24,25)20-15-11-13-18-12-8-9-14-19(18)20/h8-9,11-15H,1-7,10,16-17H2,(H,22,23). The summed E-state index contributed by atoms with van der Waals surface area (Å²) < 4.78 is 30.2. The molecule has 0 heterocycles. The minimum Gasteiger partial charge on any atom is -0.481 e. The Morgan fingerprint density at radius 1 is 0.815 bits per heavy atom. The molecule has 27 heavy (non-hydrogen) atoms. The molecular weight excluding hydrogens is 364 g/mol. The van der Waals surface area contributed by atoms with Gasteiger partial charge in [-0.3, -0.25) is 8.98 Å². The van der Waals surface area contributed by atoms with Crippen molar-refractivity contribution in [3.8, 4) is 0 Å². The molecule has 0 saturated heterocycles. The molecule has 2 rings (SSSR count). The number of unbranched alkanes of at least 4 members (excludes halogenated alkanes) is 7. The van der Waals surface area contributed by atoms with Gasteiger partial charge in [-0.05, 0) is 24.3 Å². The van der Waals surface area contributed by atoms with Crippen LogP contribution in [0.3, 0.4) is 0 Å². The van der Waals surface area contributed by atoms with Gasteiger partial charge in [0, 0.05) is 11.8 Å². The van der Waals surface area contributed by atoms with Crippen LogP contribution in [-0.4, -0.2) is 26.1 Å².